The van der Waals surface area contributed by atoms with Gasteiger partial charge in [-0.05, 0) is 31.0 Å². The van der Waals surface area contributed by atoms with Gasteiger partial charge in [0.15, 0.2) is 16.6 Å². The minimum absolute atomic E-state index is 0.165. The van der Waals surface area contributed by atoms with Gasteiger partial charge in [-0.1, -0.05) is 11.6 Å². The summed E-state index contributed by atoms with van der Waals surface area (Å²) in [5.41, 5.74) is -1.54. The van der Waals surface area contributed by atoms with Gasteiger partial charge in [0.2, 0.25) is 0 Å². The summed E-state index contributed by atoms with van der Waals surface area (Å²) in [6.45, 7) is 1.89. The molecule has 4 heterocycles. The molecule has 2 aliphatic heterocycles. The summed E-state index contributed by atoms with van der Waals surface area (Å²) in [5, 5.41) is 4.33. The summed E-state index contributed by atoms with van der Waals surface area (Å²) >= 11 is 3.51. The van der Waals surface area contributed by atoms with Crippen LogP contribution in [0.3, 0.4) is 0 Å². The van der Waals surface area contributed by atoms with Crippen LogP contribution in [0, 0.1) is 0 Å². The van der Waals surface area contributed by atoms with Crippen LogP contribution >= 0.6 is 11.6 Å². The van der Waals surface area contributed by atoms with Crippen molar-refractivity contribution in [1.29, 1.82) is 0 Å². The van der Waals surface area contributed by atoms with E-state index in [4.69, 9.17) is 11.6 Å². The van der Waals surface area contributed by atoms with Crippen molar-refractivity contribution in [3.63, 3.8) is 0 Å². The molecule has 0 bridgehead atoms. The van der Waals surface area contributed by atoms with Crippen molar-refractivity contribution >= 4 is 40.4 Å². The maximum Gasteiger partial charge on any atom is 0.322 e. The van der Waals surface area contributed by atoms with Gasteiger partial charge in [-0.3, -0.25) is 15.0 Å². The van der Waals surface area contributed by atoms with E-state index in [2.05, 4.69) is 25.6 Å². The Balaban J connectivity index is 1.50. The Hall–Kier alpha value is -2.67. The number of imide groups is 1. The van der Waals surface area contributed by atoms with Crippen LogP contribution in [0.1, 0.15) is 18.7 Å². The molecule has 3 N–H and O–H groups in total. The Morgan fingerprint density at radius 2 is 1.88 bits per heavy atom. The molecule has 2 aliphatic rings. The second-order valence-electron chi connectivity index (χ2n) is 7.88. The number of aromatic nitrogens is 3. The van der Waals surface area contributed by atoms with Crippen LogP contribution in [0.25, 0.3) is 0 Å². The average Bonchev–Trinajstić information content (AvgIpc) is 3.08. The highest BCUT2D eigenvalue weighted by atomic mass is 35.5. The van der Waals surface area contributed by atoms with Crippen molar-refractivity contribution in [3.8, 4) is 0 Å². The fraction of sp³-hybridized carbons (Fsp3) is 0.450. The van der Waals surface area contributed by atoms with E-state index in [-0.39, 0.29) is 6.42 Å². The molecular formula is C20H24ClN7O4S. The second-order valence-corrected chi connectivity index (χ2v) is 9.32. The quantitative estimate of drug-likeness (QED) is 0.359. The molecule has 2 aromatic rings. The van der Waals surface area contributed by atoms with Crippen molar-refractivity contribution in [1.82, 2.24) is 30.5 Å². The third-order valence-corrected chi connectivity index (χ3v) is 7.16. The third kappa shape index (κ3) is 5.13. The molecule has 2 saturated heterocycles. The average molecular weight is 494 g/mol. The lowest BCUT2D eigenvalue weighted by Gasteiger charge is -2.43. The standard InChI is InChI=1S/C20H24ClN7O4S/c21-14-4-5-16(24-13-14)27-9-11-28(12-10-27)18(33(31)32)20(17(29)25-19(30)26-20)6-1-3-15-22-7-2-8-23-15/h2,4-5,7-8,13,18H,1,3,6,9-12H2,(H,31,32)(H2,25,26,29,30). The number of carbonyl (C=O) groups excluding carboxylic acids is 2. The summed E-state index contributed by atoms with van der Waals surface area (Å²) in [6.07, 6.45) is 5.90. The van der Waals surface area contributed by atoms with E-state index in [1.54, 1.807) is 35.6 Å². The number of hydrogen-bond acceptors (Lipinski definition) is 8. The molecule has 13 heteroatoms. The summed E-state index contributed by atoms with van der Waals surface area (Å²) in [7, 11) is 0. The monoisotopic (exact) mass is 493 g/mol. The number of nitrogens with zero attached hydrogens (tertiary/aromatic N) is 5. The van der Waals surface area contributed by atoms with Crippen molar-refractivity contribution in [3.05, 3.63) is 47.6 Å². The number of pyridine rings is 1. The van der Waals surface area contributed by atoms with Gasteiger partial charge < -0.3 is 14.8 Å². The number of rotatable bonds is 8. The SMILES string of the molecule is O=C1NC(=O)C(CCCc2ncccn2)(C(N2CCN(c3ccc(Cl)cn3)CC2)S(=O)O)N1. The molecule has 176 valence electrons. The Bertz CT molecular complexity index is 1020. The lowest BCUT2D eigenvalue weighted by atomic mass is 9.91. The van der Waals surface area contributed by atoms with Crippen molar-refractivity contribution in [2.45, 2.75) is 30.2 Å². The van der Waals surface area contributed by atoms with Gasteiger partial charge in [0, 0.05) is 51.2 Å². The number of urea groups is 1. The molecule has 3 unspecified atom stereocenters. The molecule has 2 fully saturated rings. The molecule has 0 spiro atoms. The highest BCUT2D eigenvalue weighted by Gasteiger charge is 2.56. The fourth-order valence-electron chi connectivity index (χ4n) is 4.31. The molecule has 3 amide bonds. The highest BCUT2D eigenvalue weighted by Crippen LogP contribution is 2.30. The molecule has 0 radical (unpaired) electrons. The predicted octanol–water partition coefficient (Wildman–Crippen LogP) is 0.796. The van der Waals surface area contributed by atoms with Crippen LogP contribution in [0.15, 0.2) is 36.8 Å². The molecule has 0 aliphatic carbocycles. The Kier molecular flexibility index (Phi) is 7.17. The van der Waals surface area contributed by atoms with Gasteiger partial charge in [0.05, 0.1) is 5.02 Å². The normalized spacial score (nSPS) is 23.2. The van der Waals surface area contributed by atoms with Gasteiger partial charge in [0.1, 0.15) is 17.0 Å². The van der Waals surface area contributed by atoms with E-state index in [0.717, 1.165) is 5.82 Å². The number of amides is 3. The lowest BCUT2D eigenvalue weighted by molar-refractivity contribution is -0.125. The highest BCUT2D eigenvalue weighted by molar-refractivity contribution is 7.80. The summed E-state index contributed by atoms with van der Waals surface area (Å²) in [5.74, 6) is 0.754. The first-order valence-electron chi connectivity index (χ1n) is 10.5. The van der Waals surface area contributed by atoms with Gasteiger partial charge in [-0.15, -0.1) is 0 Å². The maximum atomic E-state index is 12.9. The van der Waals surface area contributed by atoms with Crippen LogP contribution in [0.5, 0.6) is 0 Å². The Morgan fingerprint density at radius 3 is 2.45 bits per heavy atom. The van der Waals surface area contributed by atoms with Gasteiger partial charge in [0.25, 0.3) is 5.91 Å². The molecule has 4 rings (SSSR count). The third-order valence-electron chi connectivity index (χ3n) is 5.85. The van der Waals surface area contributed by atoms with Gasteiger partial charge in [-0.25, -0.2) is 24.0 Å². The maximum absolute atomic E-state index is 12.9. The minimum atomic E-state index is -2.40. The van der Waals surface area contributed by atoms with Crippen molar-refractivity contribution < 1.29 is 18.4 Å². The molecule has 2 aromatic heterocycles. The van der Waals surface area contributed by atoms with Crippen molar-refractivity contribution in [2.24, 2.45) is 0 Å². The molecule has 0 saturated carbocycles. The van der Waals surface area contributed by atoms with Crippen molar-refractivity contribution in [2.75, 3.05) is 31.1 Å². The van der Waals surface area contributed by atoms with Crippen LogP contribution in [-0.2, 0) is 22.3 Å². The predicted molar refractivity (Wildman–Crippen MR) is 122 cm³/mol. The summed E-state index contributed by atoms with van der Waals surface area (Å²) in [6, 6.07) is 4.61. The topological polar surface area (TPSA) is 141 Å². The number of piperazine rings is 1. The van der Waals surface area contributed by atoms with Crippen LogP contribution in [0.2, 0.25) is 5.02 Å². The summed E-state index contributed by atoms with van der Waals surface area (Å²) in [4.78, 5) is 41.5. The number of aryl methyl sites for hydroxylation is 1. The van der Waals surface area contributed by atoms with E-state index in [1.807, 2.05) is 11.0 Å². The number of carbonyl (C=O) groups is 2. The van der Waals surface area contributed by atoms with E-state index >= 15 is 0 Å². The first-order chi connectivity index (χ1) is 15.9. The second kappa shape index (κ2) is 10.1. The zero-order chi connectivity index (χ0) is 23.4. The molecule has 3 atom stereocenters. The lowest BCUT2D eigenvalue weighted by Crippen LogP contribution is -2.66. The zero-order valence-electron chi connectivity index (χ0n) is 17.7. The van der Waals surface area contributed by atoms with E-state index < -0.39 is 33.9 Å². The summed E-state index contributed by atoms with van der Waals surface area (Å²) < 4.78 is 22.8. The molecule has 11 nitrogen and oxygen atoms in total. The Morgan fingerprint density at radius 1 is 1.15 bits per heavy atom. The van der Waals surface area contributed by atoms with E-state index in [1.165, 1.54) is 0 Å². The van der Waals surface area contributed by atoms with E-state index in [9.17, 15) is 18.4 Å². The molecule has 0 aromatic carbocycles. The minimum Gasteiger partial charge on any atom is -0.354 e. The van der Waals surface area contributed by atoms with Crippen LogP contribution in [0.4, 0.5) is 10.6 Å². The van der Waals surface area contributed by atoms with Crippen LogP contribution in [-0.4, -0.2) is 77.6 Å². The zero-order valence-corrected chi connectivity index (χ0v) is 19.3. The number of nitrogens with one attached hydrogen (secondary N) is 2. The van der Waals surface area contributed by atoms with Crippen LogP contribution < -0.4 is 15.5 Å². The first-order valence-corrected chi connectivity index (χ1v) is 12.0. The number of hydrogen-bond donors (Lipinski definition) is 3. The molecule has 33 heavy (non-hydrogen) atoms. The number of halogens is 1. The first kappa shape index (κ1) is 23.5. The Labute approximate surface area is 198 Å². The molecular weight excluding hydrogens is 470 g/mol. The van der Waals surface area contributed by atoms with Gasteiger partial charge in [-0.2, -0.15) is 0 Å². The number of anilines is 1. The van der Waals surface area contributed by atoms with E-state index in [0.29, 0.717) is 49.9 Å². The van der Waals surface area contributed by atoms with Gasteiger partial charge >= 0.3 is 6.03 Å². The fourth-order valence-corrected chi connectivity index (χ4v) is 5.52. The smallest absolute Gasteiger partial charge is 0.322 e. The largest absolute Gasteiger partial charge is 0.354 e.